The fraction of sp³-hybridized carbons (Fsp3) is 0.0556. The van der Waals surface area contributed by atoms with E-state index in [-0.39, 0.29) is 11.5 Å². The topological polar surface area (TPSA) is 66.7 Å². The molecule has 2 aromatic carbocycles. The van der Waals surface area contributed by atoms with Gasteiger partial charge in [0.2, 0.25) is 5.91 Å². The van der Waals surface area contributed by atoms with Crippen LogP contribution in [0.5, 0.6) is 0 Å². The van der Waals surface area contributed by atoms with Gasteiger partial charge in [-0.05, 0) is 17.7 Å². The lowest BCUT2D eigenvalue weighted by atomic mass is 10.2. The van der Waals surface area contributed by atoms with E-state index in [0.29, 0.717) is 15.8 Å². The van der Waals surface area contributed by atoms with Crippen LogP contribution >= 0.6 is 11.3 Å². The Morgan fingerprint density at radius 3 is 2.54 bits per heavy atom. The molecule has 2 heterocycles. The van der Waals surface area contributed by atoms with Gasteiger partial charge in [0.25, 0.3) is 5.56 Å². The van der Waals surface area contributed by atoms with Crippen molar-refractivity contribution >= 4 is 33.8 Å². The zero-order valence-electron chi connectivity index (χ0n) is 12.8. The number of nitrogens with one attached hydrogen (secondary N) is 1. The lowest BCUT2D eigenvalue weighted by Gasteiger charge is -2.03. The van der Waals surface area contributed by atoms with Crippen LogP contribution in [0.4, 0.5) is 0 Å². The van der Waals surface area contributed by atoms with E-state index in [4.69, 9.17) is 0 Å². The number of hydrogen-bond donors (Lipinski definition) is 1. The van der Waals surface area contributed by atoms with Crippen LogP contribution in [0, 0.1) is 0 Å². The van der Waals surface area contributed by atoms with Crippen LogP contribution in [0.25, 0.3) is 27.0 Å². The molecule has 0 aliphatic heterocycles. The van der Waals surface area contributed by atoms with Crippen LogP contribution in [-0.4, -0.2) is 15.3 Å². The smallest absolute Gasteiger partial charge is 0.274 e. The van der Waals surface area contributed by atoms with Crippen molar-refractivity contribution in [2.45, 2.75) is 6.92 Å². The Balaban J connectivity index is 2.27. The van der Waals surface area contributed by atoms with Gasteiger partial charge in [0.1, 0.15) is 5.52 Å². The number of hydrogen-bond acceptors (Lipinski definition) is 3. The van der Waals surface area contributed by atoms with Crippen molar-refractivity contribution in [2.75, 3.05) is 0 Å². The zero-order valence-corrected chi connectivity index (χ0v) is 13.6. The van der Waals surface area contributed by atoms with Crippen molar-refractivity contribution in [1.82, 2.24) is 9.38 Å². The summed E-state index contributed by atoms with van der Waals surface area (Å²) in [6, 6.07) is 17.1. The molecule has 0 atom stereocenters. The summed E-state index contributed by atoms with van der Waals surface area (Å²) in [6.07, 6.45) is 0. The van der Waals surface area contributed by atoms with Crippen LogP contribution in [0.3, 0.4) is 0 Å². The van der Waals surface area contributed by atoms with E-state index in [1.165, 1.54) is 18.3 Å². The lowest BCUT2D eigenvalue weighted by Crippen LogP contribution is -2.17. The number of carbonyl (C=O) groups is 1. The highest BCUT2D eigenvalue weighted by atomic mass is 32.1. The first kappa shape index (κ1) is 14.6. The molecule has 5 nitrogen and oxygen atoms in total. The largest absolute Gasteiger partial charge is 0.319 e. The minimum Gasteiger partial charge on any atom is -0.319 e. The van der Waals surface area contributed by atoms with Crippen molar-refractivity contribution in [1.29, 1.82) is 0 Å². The molecule has 0 spiro atoms. The van der Waals surface area contributed by atoms with Crippen LogP contribution in [0.15, 0.2) is 64.4 Å². The second-order valence-electron chi connectivity index (χ2n) is 5.37. The van der Waals surface area contributed by atoms with Crippen LogP contribution in [0.1, 0.15) is 6.92 Å². The van der Waals surface area contributed by atoms with Crippen molar-refractivity contribution in [2.24, 2.45) is 4.99 Å². The maximum absolute atomic E-state index is 12.7. The Kier molecular flexibility index (Phi) is 3.39. The molecule has 24 heavy (non-hydrogen) atoms. The molecule has 0 radical (unpaired) electrons. The highest BCUT2D eigenvalue weighted by Gasteiger charge is 2.15. The number of nitrogens with zero attached hydrogens (tertiary/aromatic N) is 2. The average Bonchev–Trinajstić information content (AvgIpc) is 2.95. The first-order valence-corrected chi connectivity index (χ1v) is 8.24. The summed E-state index contributed by atoms with van der Waals surface area (Å²) in [5, 5.41) is 0. The lowest BCUT2D eigenvalue weighted by molar-refractivity contribution is -0.116. The molecular weight excluding hydrogens is 322 g/mol. The Morgan fingerprint density at radius 2 is 1.79 bits per heavy atom. The molecule has 0 aliphatic carbocycles. The third kappa shape index (κ3) is 2.28. The van der Waals surface area contributed by atoms with Gasteiger partial charge in [-0.3, -0.25) is 14.0 Å². The fourth-order valence-corrected chi connectivity index (χ4v) is 3.93. The summed E-state index contributed by atoms with van der Waals surface area (Å²) < 4.78 is 1.77. The monoisotopic (exact) mass is 335 g/mol. The van der Waals surface area contributed by atoms with Crippen molar-refractivity contribution in [3.63, 3.8) is 0 Å². The number of amides is 1. The minimum absolute atomic E-state index is 0.200. The van der Waals surface area contributed by atoms with E-state index in [2.05, 4.69) is 9.98 Å². The summed E-state index contributed by atoms with van der Waals surface area (Å²) in [7, 11) is 0. The number of benzene rings is 2. The Morgan fingerprint density at radius 1 is 1.08 bits per heavy atom. The molecule has 0 unspecified atom stereocenters. The van der Waals surface area contributed by atoms with E-state index in [0.717, 1.165) is 16.0 Å². The Hall–Kier alpha value is -2.99. The maximum atomic E-state index is 12.7. The molecular formula is C18H13N3O2S. The van der Waals surface area contributed by atoms with Crippen molar-refractivity contribution in [3.8, 4) is 10.4 Å². The van der Waals surface area contributed by atoms with Crippen LogP contribution < -0.4 is 10.4 Å². The number of fused-ring (bicyclic) bond motifs is 3. The highest BCUT2D eigenvalue weighted by molar-refractivity contribution is 7.13. The van der Waals surface area contributed by atoms with E-state index in [1.54, 1.807) is 4.40 Å². The quantitative estimate of drug-likeness (QED) is 0.581. The number of rotatable bonds is 1. The number of carbonyl (C=O) groups excluding carboxylic acids is 1. The number of thiazole rings is 1. The fourth-order valence-electron chi connectivity index (χ4n) is 2.76. The number of aromatic amines is 1. The summed E-state index contributed by atoms with van der Waals surface area (Å²) in [4.78, 5) is 32.6. The average molecular weight is 335 g/mol. The third-order valence-electron chi connectivity index (χ3n) is 3.72. The molecule has 2 aromatic heterocycles. The van der Waals surface area contributed by atoms with E-state index < -0.39 is 0 Å². The number of aromatic nitrogens is 2. The minimum atomic E-state index is -0.297. The van der Waals surface area contributed by atoms with Gasteiger partial charge in [-0.15, -0.1) is 0 Å². The molecule has 4 aromatic rings. The normalized spacial score (nSPS) is 12.1. The maximum Gasteiger partial charge on any atom is 0.274 e. The highest BCUT2D eigenvalue weighted by Crippen LogP contribution is 2.27. The summed E-state index contributed by atoms with van der Waals surface area (Å²) >= 11 is 1.34. The molecule has 0 saturated heterocycles. The van der Waals surface area contributed by atoms with Gasteiger partial charge in [0.05, 0.1) is 15.9 Å². The Bertz CT molecular complexity index is 1200. The molecule has 1 amide bonds. The standard InChI is InChI=1S/C18H13N3O2S/c1-11(22)19-18-21-14-10-6-5-9-13(14)20-17(23)15(21)16(24-18)12-7-3-2-4-8-12/h2-10H,1H3,(H,20,23)/b19-18-. The van der Waals surface area contributed by atoms with Gasteiger partial charge in [0.15, 0.2) is 4.80 Å². The van der Waals surface area contributed by atoms with E-state index in [1.807, 2.05) is 54.6 Å². The van der Waals surface area contributed by atoms with Gasteiger partial charge in [-0.25, -0.2) is 0 Å². The molecule has 0 saturated carbocycles. The number of H-pyrrole nitrogens is 1. The predicted octanol–water partition coefficient (Wildman–Crippen LogP) is 2.96. The molecule has 6 heteroatoms. The van der Waals surface area contributed by atoms with E-state index in [9.17, 15) is 9.59 Å². The van der Waals surface area contributed by atoms with Gasteiger partial charge in [0, 0.05) is 6.92 Å². The SMILES string of the molecule is CC(=O)/N=c1\sc(-c2ccccc2)c2c(=O)[nH]c3ccccc3n12. The second-order valence-corrected chi connectivity index (χ2v) is 6.34. The van der Waals surface area contributed by atoms with Crippen molar-refractivity contribution < 1.29 is 4.79 Å². The molecule has 0 aliphatic rings. The van der Waals surface area contributed by atoms with E-state index >= 15 is 0 Å². The summed E-state index contributed by atoms with van der Waals surface area (Å²) in [6.45, 7) is 1.41. The third-order valence-corrected chi connectivity index (χ3v) is 4.81. The molecule has 4 rings (SSSR count). The van der Waals surface area contributed by atoms with Crippen LogP contribution in [0.2, 0.25) is 0 Å². The molecule has 0 fully saturated rings. The molecule has 118 valence electrons. The molecule has 0 bridgehead atoms. The van der Waals surface area contributed by atoms with Gasteiger partial charge in [-0.1, -0.05) is 53.8 Å². The first-order valence-electron chi connectivity index (χ1n) is 7.42. The van der Waals surface area contributed by atoms with Crippen LogP contribution in [-0.2, 0) is 4.79 Å². The first-order chi connectivity index (χ1) is 11.6. The van der Waals surface area contributed by atoms with Crippen molar-refractivity contribution in [3.05, 3.63) is 69.8 Å². The van der Waals surface area contributed by atoms with Gasteiger partial charge < -0.3 is 4.98 Å². The molecule has 1 N–H and O–H groups in total. The summed E-state index contributed by atoms with van der Waals surface area (Å²) in [5.41, 5.74) is 2.74. The second kappa shape index (κ2) is 5.58. The van der Waals surface area contributed by atoms with Gasteiger partial charge in [-0.2, -0.15) is 4.99 Å². The summed E-state index contributed by atoms with van der Waals surface area (Å²) in [5.74, 6) is -0.297. The number of para-hydroxylation sites is 2. The van der Waals surface area contributed by atoms with Gasteiger partial charge >= 0.3 is 0 Å². The predicted molar refractivity (Wildman–Crippen MR) is 95.1 cm³/mol. The zero-order chi connectivity index (χ0) is 16.7. The Labute approximate surface area is 140 Å².